The van der Waals surface area contributed by atoms with Gasteiger partial charge in [0.25, 0.3) is 0 Å². The third-order valence-corrected chi connectivity index (χ3v) is 4.71. The molecule has 9 heteroatoms. The summed E-state index contributed by atoms with van der Waals surface area (Å²) in [5, 5.41) is 1.92. The van der Waals surface area contributed by atoms with Crippen molar-refractivity contribution in [1.29, 1.82) is 0 Å². The Morgan fingerprint density at radius 1 is 1.35 bits per heavy atom. The van der Waals surface area contributed by atoms with Crippen molar-refractivity contribution in [3.05, 3.63) is 28.8 Å². The maximum Gasteiger partial charge on any atom is 0.417 e. The number of hydrogen-bond acceptors (Lipinski definition) is 3. The van der Waals surface area contributed by atoms with Crippen LogP contribution in [0.2, 0.25) is 5.02 Å². The quantitative estimate of drug-likeness (QED) is 0.827. The molecule has 2 rings (SSSR count). The minimum Gasteiger partial charge on any atom is -0.336 e. The van der Waals surface area contributed by atoms with Gasteiger partial charge in [-0.05, 0) is 37.5 Å². The number of nitrogens with one attached hydrogen (secondary N) is 1. The monoisotopic (exact) mass is 391 g/mol. The first-order chi connectivity index (χ1) is 12.1. The highest BCUT2D eigenvalue weighted by Crippen LogP contribution is 2.36. The number of anilines is 1. The van der Waals surface area contributed by atoms with E-state index in [2.05, 4.69) is 5.32 Å². The normalized spacial score (nSPS) is 20.5. The van der Waals surface area contributed by atoms with Gasteiger partial charge >= 0.3 is 6.18 Å². The molecule has 2 unspecified atom stereocenters. The molecule has 0 bridgehead atoms. The largest absolute Gasteiger partial charge is 0.417 e. The van der Waals surface area contributed by atoms with E-state index >= 15 is 0 Å². The summed E-state index contributed by atoms with van der Waals surface area (Å²) in [6.07, 6.45) is -1.57. The molecule has 144 valence electrons. The molecule has 1 aliphatic carbocycles. The average molecular weight is 392 g/mol. The molecule has 0 aliphatic heterocycles. The van der Waals surface area contributed by atoms with Crippen LogP contribution in [0.5, 0.6) is 0 Å². The minimum absolute atomic E-state index is 0.0187. The summed E-state index contributed by atoms with van der Waals surface area (Å²) in [6, 6.07) is 3.09. The number of carbonyl (C=O) groups excluding carboxylic acids is 2. The van der Waals surface area contributed by atoms with Crippen LogP contribution in [0.4, 0.5) is 18.9 Å². The van der Waals surface area contributed by atoms with Crippen LogP contribution in [0, 0.1) is 5.92 Å². The van der Waals surface area contributed by atoms with Gasteiger partial charge in [-0.1, -0.05) is 18.0 Å². The van der Waals surface area contributed by atoms with Gasteiger partial charge in [-0.25, -0.2) is 0 Å². The first kappa shape index (κ1) is 20.5. The molecule has 1 fully saturated rings. The summed E-state index contributed by atoms with van der Waals surface area (Å²) < 4.78 is 38.6. The summed E-state index contributed by atoms with van der Waals surface area (Å²) in [7, 11) is 1.49. The van der Waals surface area contributed by atoms with Crippen LogP contribution in [0.15, 0.2) is 18.2 Å². The number of halogens is 4. The van der Waals surface area contributed by atoms with Crippen LogP contribution in [0.25, 0.3) is 0 Å². The fourth-order valence-corrected chi connectivity index (χ4v) is 3.30. The standard InChI is InChI=1S/C17H21ClF3N3O2/c1-24(16(26)10-3-2-4-11(22)7-10)9-15(25)23-12-5-6-14(18)13(8-12)17(19,20)21/h5-6,8,10-11H,2-4,7,9,22H2,1H3,(H,23,25). The van der Waals surface area contributed by atoms with Gasteiger partial charge in [-0.15, -0.1) is 0 Å². The van der Waals surface area contributed by atoms with Crippen LogP contribution in [0.3, 0.4) is 0 Å². The number of rotatable bonds is 4. The number of carbonyl (C=O) groups is 2. The lowest BCUT2D eigenvalue weighted by Gasteiger charge is -2.29. The highest BCUT2D eigenvalue weighted by Gasteiger charge is 2.33. The molecule has 5 nitrogen and oxygen atoms in total. The van der Waals surface area contributed by atoms with Crippen LogP contribution in [-0.2, 0) is 15.8 Å². The van der Waals surface area contributed by atoms with E-state index in [0.29, 0.717) is 6.42 Å². The average Bonchev–Trinajstić information content (AvgIpc) is 2.54. The molecule has 2 atom stereocenters. The summed E-state index contributed by atoms with van der Waals surface area (Å²) in [5.74, 6) is -0.984. The lowest BCUT2D eigenvalue weighted by atomic mass is 9.85. The SMILES string of the molecule is CN(CC(=O)Nc1ccc(Cl)c(C(F)(F)F)c1)C(=O)C1CCCC(N)C1. The first-order valence-corrected chi connectivity index (χ1v) is 8.63. The highest BCUT2D eigenvalue weighted by molar-refractivity contribution is 6.31. The molecule has 1 aromatic rings. The molecule has 1 saturated carbocycles. The predicted octanol–water partition coefficient (Wildman–Crippen LogP) is 3.27. The van der Waals surface area contributed by atoms with Crippen molar-refractivity contribution >= 4 is 29.1 Å². The molecule has 26 heavy (non-hydrogen) atoms. The van der Waals surface area contributed by atoms with Crippen molar-refractivity contribution < 1.29 is 22.8 Å². The van der Waals surface area contributed by atoms with E-state index < -0.39 is 22.7 Å². The molecular weight excluding hydrogens is 371 g/mol. The summed E-state index contributed by atoms with van der Waals surface area (Å²) in [6.45, 7) is -0.255. The van der Waals surface area contributed by atoms with E-state index in [9.17, 15) is 22.8 Å². The Hall–Kier alpha value is -1.80. The topological polar surface area (TPSA) is 75.4 Å². The zero-order valence-corrected chi connectivity index (χ0v) is 15.0. The second kappa shape index (κ2) is 8.26. The number of nitrogens with zero attached hydrogens (tertiary/aromatic N) is 1. The Morgan fingerprint density at radius 2 is 2.04 bits per heavy atom. The van der Waals surface area contributed by atoms with Crippen molar-refractivity contribution in [1.82, 2.24) is 4.90 Å². The number of alkyl halides is 3. The third kappa shape index (κ3) is 5.35. The van der Waals surface area contributed by atoms with Gasteiger partial charge in [0, 0.05) is 24.7 Å². The fraction of sp³-hybridized carbons (Fsp3) is 0.529. The number of hydrogen-bond donors (Lipinski definition) is 2. The zero-order valence-electron chi connectivity index (χ0n) is 14.3. The third-order valence-electron chi connectivity index (χ3n) is 4.38. The van der Waals surface area contributed by atoms with E-state index in [1.165, 1.54) is 18.0 Å². The molecule has 0 aromatic heterocycles. The predicted molar refractivity (Wildman–Crippen MR) is 92.7 cm³/mol. The van der Waals surface area contributed by atoms with Crippen molar-refractivity contribution in [2.24, 2.45) is 11.7 Å². The minimum atomic E-state index is -4.62. The summed E-state index contributed by atoms with van der Waals surface area (Å²) in [4.78, 5) is 25.7. The van der Waals surface area contributed by atoms with Crippen molar-refractivity contribution in [3.63, 3.8) is 0 Å². The number of likely N-dealkylation sites (N-methyl/N-ethyl adjacent to an activating group) is 1. The first-order valence-electron chi connectivity index (χ1n) is 8.25. The number of benzene rings is 1. The number of amides is 2. The Morgan fingerprint density at radius 3 is 2.65 bits per heavy atom. The van der Waals surface area contributed by atoms with Crippen molar-refractivity contribution in [3.8, 4) is 0 Å². The van der Waals surface area contributed by atoms with Crippen molar-refractivity contribution in [2.75, 3.05) is 18.9 Å². The second-order valence-corrected chi connectivity index (χ2v) is 6.97. The Labute approximate surface area is 154 Å². The summed E-state index contributed by atoms with van der Waals surface area (Å²) in [5.41, 5.74) is 4.81. The lowest BCUT2D eigenvalue weighted by molar-refractivity contribution is -0.138. The van der Waals surface area contributed by atoms with Gasteiger partial charge in [-0.2, -0.15) is 13.2 Å². The Kier molecular flexibility index (Phi) is 6.52. The van der Waals surface area contributed by atoms with Crippen molar-refractivity contribution in [2.45, 2.75) is 37.9 Å². The Bertz CT molecular complexity index is 682. The van der Waals surface area contributed by atoms with Gasteiger partial charge in [0.15, 0.2) is 0 Å². The lowest BCUT2D eigenvalue weighted by Crippen LogP contribution is -2.41. The van der Waals surface area contributed by atoms with E-state index in [-0.39, 0.29) is 30.1 Å². The molecular formula is C17H21ClF3N3O2. The van der Waals surface area contributed by atoms with Crippen LogP contribution < -0.4 is 11.1 Å². The van der Waals surface area contributed by atoms with Crippen LogP contribution in [0.1, 0.15) is 31.2 Å². The highest BCUT2D eigenvalue weighted by atomic mass is 35.5. The molecule has 0 radical (unpaired) electrons. The molecule has 2 amide bonds. The molecule has 1 aliphatic rings. The molecule has 0 heterocycles. The Balaban J connectivity index is 1.97. The number of nitrogens with two attached hydrogens (primary N) is 1. The van der Waals surface area contributed by atoms with Gasteiger partial charge in [0.05, 0.1) is 17.1 Å². The van der Waals surface area contributed by atoms with Crippen LogP contribution >= 0.6 is 11.6 Å². The maximum absolute atomic E-state index is 12.9. The smallest absolute Gasteiger partial charge is 0.336 e. The van der Waals surface area contributed by atoms with E-state index in [1.807, 2.05) is 0 Å². The van der Waals surface area contributed by atoms with Gasteiger partial charge in [0.2, 0.25) is 11.8 Å². The summed E-state index contributed by atoms with van der Waals surface area (Å²) >= 11 is 5.55. The second-order valence-electron chi connectivity index (χ2n) is 6.56. The van der Waals surface area contributed by atoms with E-state index in [0.717, 1.165) is 31.4 Å². The molecule has 1 aromatic carbocycles. The zero-order chi connectivity index (χ0) is 19.5. The molecule has 0 spiro atoms. The molecule has 0 saturated heterocycles. The fourth-order valence-electron chi connectivity index (χ4n) is 3.08. The van der Waals surface area contributed by atoms with Gasteiger partial charge in [-0.3, -0.25) is 9.59 Å². The van der Waals surface area contributed by atoms with Gasteiger partial charge < -0.3 is 16.0 Å². The molecule has 3 N–H and O–H groups in total. The maximum atomic E-state index is 12.9. The van der Waals surface area contributed by atoms with E-state index in [4.69, 9.17) is 17.3 Å². The van der Waals surface area contributed by atoms with Gasteiger partial charge in [0.1, 0.15) is 0 Å². The van der Waals surface area contributed by atoms with Crippen LogP contribution in [-0.4, -0.2) is 36.3 Å². The van der Waals surface area contributed by atoms with E-state index in [1.54, 1.807) is 0 Å².